The third kappa shape index (κ3) is 5.56. The highest BCUT2D eigenvalue weighted by Gasteiger charge is 2.12. The molecule has 0 aliphatic heterocycles. The topological polar surface area (TPSA) is 9.23 Å². The predicted molar refractivity (Wildman–Crippen MR) is 74.3 cm³/mol. The van der Waals surface area contributed by atoms with Crippen molar-refractivity contribution in [3.8, 4) is 0 Å². The van der Waals surface area contributed by atoms with Gasteiger partial charge in [0.2, 0.25) is 0 Å². The van der Waals surface area contributed by atoms with Crippen LogP contribution in [0.1, 0.15) is 39.2 Å². The third-order valence-corrected chi connectivity index (χ3v) is 3.37. The minimum atomic E-state index is 0.673. The van der Waals surface area contributed by atoms with Gasteiger partial charge in [-0.3, -0.25) is 0 Å². The molecule has 0 saturated carbocycles. The smallest absolute Gasteiger partial charge is 0.0717 e. The lowest BCUT2D eigenvalue weighted by molar-refractivity contribution is 0.0679. The van der Waals surface area contributed by atoms with Crippen molar-refractivity contribution in [2.75, 3.05) is 6.61 Å². The Bertz CT molecular complexity index is 305. The summed E-state index contributed by atoms with van der Waals surface area (Å²) in [6.45, 7) is 8.31. The fraction of sp³-hybridized carbons (Fsp3) is 0.600. The molecule has 96 valence electrons. The van der Waals surface area contributed by atoms with Gasteiger partial charge >= 0.3 is 0 Å². The van der Waals surface area contributed by atoms with Crippen molar-refractivity contribution < 1.29 is 4.74 Å². The van der Waals surface area contributed by atoms with Gasteiger partial charge in [0.25, 0.3) is 0 Å². The Morgan fingerprint density at radius 1 is 1.18 bits per heavy atom. The molecule has 0 aliphatic carbocycles. The molecule has 0 spiro atoms. The van der Waals surface area contributed by atoms with E-state index in [1.807, 2.05) is 24.3 Å². The molecule has 1 rings (SSSR count). The van der Waals surface area contributed by atoms with Gasteiger partial charge in [-0.1, -0.05) is 50.9 Å². The monoisotopic (exact) mass is 254 g/mol. The molecule has 17 heavy (non-hydrogen) atoms. The van der Waals surface area contributed by atoms with E-state index in [0.717, 1.165) is 11.6 Å². The van der Waals surface area contributed by atoms with Crippen LogP contribution in [0, 0.1) is 11.8 Å². The van der Waals surface area contributed by atoms with E-state index in [4.69, 9.17) is 16.3 Å². The third-order valence-electron chi connectivity index (χ3n) is 3.12. The minimum Gasteiger partial charge on any atom is -0.376 e. The fourth-order valence-corrected chi connectivity index (χ4v) is 2.01. The van der Waals surface area contributed by atoms with Gasteiger partial charge in [-0.15, -0.1) is 0 Å². The average Bonchev–Trinajstić information content (AvgIpc) is 2.30. The molecule has 2 heteroatoms. The van der Waals surface area contributed by atoms with Crippen LogP contribution in [0.3, 0.4) is 0 Å². The Morgan fingerprint density at radius 2 is 1.82 bits per heavy atom. The van der Waals surface area contributed by atoms with E-state index in [9.17, 15) is 0 Å². The van der Waals surface area contributed by atoms with Crippen LogP contribution < -0.4 is 0 Å². The fourth-order valence-electron chi connectivity index (χ4n) is 1.89. The van der Waals surface area contributed by atoms with Crippen LogP contribution in [0.25, 0.3) is 0 Å². The van der Waals surface area contributed by atoms with E-state index in [1.54, 1.807) is 0 Å². The SMILES string of the molecule is CCC[C@H](COCc1ccc(Cl)cc1)C(C)C. The molecular formula is C15H23ClO. The first-order chi connectivity index (χ1) is 8.13. The molecule has 0 aliphatic rings. The van der Waals surface area contributed by atoms with Crippen molar-refractivity contribution >= 4 is 11.6 Å². The van der Waals surface area contributed by atoms with Crippen LogP contribution in [-0.4, -0.2) is 6.61 Å². The molecule has 1 aromatic carbocycles. The van der Waals surface area contributed by atoms with Crippen LogP contribution in [-0.2, 0) is 11.3 Å². The zero-order chi connectivity index (χ0) is 12.7. The van der Waals surface area contributed by atoms with Gasteiger partial charge in [0, 0.05) is 5.02 Å². The molecule has 0 bridgehead atoms. The Hall–Kier alpha value is -0.530. The average molecular weight is 255 g/mol. The normalized spacial score (nSPS) is 13.0. The van der Waals surface area contributed by atoms with Crippen LogP contribution in [0.5, 0.6) is 0 Å². The summed E-state index contributed by atoms with van der Waals surface area (Å²) in [7, 11) is 0. The maximum absolute atomic E-state index is 5.84. The molecule has 1 aromatic rings. The quantitative estimate of drug-likeness (QED) is 0.671. The van der Waals surface area contributed by atoms with Crippen molar-refractivity contribution in [2.24, 2.45) is 11.8 Å². The molecule has 0 amide bonds. The lowest BCUT2D eigenvalue weighted by Crippen LogP contribution is -2.15. The summed E-state index contributed by atoms with van der Waals surface area (Å²) >= 11 is 5.84. The largest absolute Gasteiger partial charge is 0.376 e. The van der Waals surface area contributed by atoms with Crippen molar-refractivity contribution in [1.82, 2.24) is 0 Å². The Labute approximate surface area is 110 Å². The molecule has 0 fully saturated rings. The highest BCUT2D eigenvalue weighted by Crippen LogP contribution is 2.18. The minimum absolute atomic E-state index is 0.673. The molecule has 1 nitrogen and oxygen atoms in total. The number of halogens is 1. The van der Waals surface area contributed by atoms with E-state index in [0.29, 0.717) is 18.4 Å². The molecule has 0 aromatic heterocycles. The molecule has 0 unspecified atom stereocenters. The zero-order valence-electron chi connectivity index (χ0n) is 11.1. The highest BCUT2D eigenvalue weighted by atomic mass is 35.5. The summed E-state index contributed by atoms with van der Waals surface area (Å²) in [6, 6.07) is 7.86. The van der Waals surface area contributed by atoms with E-state index in [2.05, 4.69) is 20.8 Å². The van der Waals surface area contributed by atoms with Crippen molar-refractivity contribution in [3.63, 3.8) is 0 Å². The van der Waals surface area contributed by atoms with Crippen LogP contribution in [0.2, 0.25) is 5.02 Å². The first kappa shape index (κ1) is 14.5. The second-order valence-electron chi connectivity index (χ2n) is 4.93. The van der Waals surface area contributed by atoms with Gasteiger partial charge < -0.3 is 4.74 Å². The predicted octanol–water partition coefficient (Wildman–Crippen LogP) is 4.93. The number of hydrogen-bond donors (Lipinski definition) is 0. The van der Waals surface area contributed by atoms with Gasteiger partial charge in [0.05, 0.1) is 13.2 Å². The second-order valence-corrected chi connectivity index (χ2v) is 5.37. The molecule has 0 saturated heterocycles. The van der Waals surface area contributed by atoms with Gasteiger partial charge in [-0.2, -0.15) is 0 Å². The lowest BCUT2D eigenvalue weighted by atomic mass is 9.92. The summed E-state index contributed by atoms with van der Waals surface area (Å²) in [5, 5.41) is 0.778. The summed E-state index contributed by atoms with van der Waals surface area (Å²) in [6.07, 6.45) is 2.48. The van der Waals surface area contributed by atoms with Crippen molar-refractivity contribution in [2.45, 2.75) is 40.2 Å². The van der Waals surface area contributed by atoms with Crippen LogP contribution >= 0.6 is 11.6 Å². The van der Waals surface area contributed by atoms with E-state index >= 15 is 0 Å². The number of benzene rings is 1. The summed E-state index contributed by atoms with van der Waals surface area (Å²) in [5.74, 6) is 1.37. The summed E-state index contributed by atoms with van der Waals surface area (Å²) < 4.78 is 5.79. The maximum atomic E-state index is 5.84. The van der Waals surface area contributed by atoms with E-state index < -0.39 is 0 Å². The van der Waals surface area contributed by atoms with Crippen molar-refractivity contribution in [1.29, 1.82) is 0 Å². The van der Waals surface area contributed by atoms with Gasteiger partial charge in [-0.25, -0.2) is 0 Å². The Kier molecular flexibility index (Phi) is 6.61. The number of ether oxygens (including phenoxy) is 1. The molecule has 1 atom stereocenters. The summed E-state index contributed by atoms with van der Waals surface area (Å²) in [4.78, 5) is 0. The first-order valence-electron chi connectivity index (χ1n) is 6.45. The van der Waals surface area contributed by atoms with Crippen LogP contribution in [0.4, 0.5) is 0 Å². The highest BCUT2D eigenvalue weighted by molar-refractivity contribution is 6.30. The Balaban J connectivity index is 2.33. The molecule has 0 radical (unpaired) electrons. The standard InChI is InChI=1S/C15H23ClO/c1-4-5-14(12(2)3)11-17-10-13-6-8-15(16)9-7-13/h6-9,12,14H,4-5,10-11H2,1-3H3/t14-/m1/s1. The van der Waals surface area contributed by atoms with Gasteiger partial charge in [-0.05, 0) is 36.0 Å². The Morgan fingerprint density at radius 3 is 2.35 bits per heavy atom. The second kappa shape index (κ2) is 7.73. The molecule has 0 heterocycles. The zero-order valence-corrected chi connectivity index (χ0v) is 11.8. The summed E-state index contributed by atoms with van der Waals surface area (Å²) in [5.41, 5.74) is 1.19. The van der Waals surface area contributed by atoms with Crippen molar-refractivity contribution in [3.05, 3.63) is 34.9 Å². The van der Waals surface area contributed by atoms with E-state index in [-0.39, 0.29) is 0 Å². The van der Waals surface area contributed by atoms with Gasteiger partial charge in [0.15, 0.2) is 0 Å². The van der Waals surface area contributed by atoms with Crippen LogP contribution in [0.15, 0.2) is 24.3 Å². The number of rotatable bonds is 7. The molecular weight excluding hydrogens is 232 g/mol. The lowest BCUT2D eigenvalue weighted by Gasteiger charge is -2.20. The first-order valence-corrected chi connectivity index (χ1v) is 6.83. The number of hydrogen-bond acceptors (Lipinski definition) is 1. The molecule has 0 N–H and O–H groups in total. The van der Waals surface area contributed by atoms with Gasteiger partial charge in [0.1, 0.15) is 0 Å². The van der Waals surface area contributed by atoms with E-state index in [1.165, 1.54) is 18.4 Å². The maximum Gasteiger partial charge on any atom is 0.0717 e.